The number of hydrogen-bond acceptors (Lipinski definition) is 4. The quantitative estimate of drug-likeness (QED) is 0.618. The lowest BCUT2D eigenvalue weighted by Gasteiger charge is -2.24. The molecule has 0 spiro atoms. The Morgan fingerprint density at radius 3 is 2.10 bits per heavy atom. The highest BCUT2D eigenvalue weighted by Crippen LogP contribution is 2.38. The van der Waals surface area contributed by atoms with Gasteiger partial charge in [-0.1, -0.05) is 11.3 Å². The molecule has 20 heavy (non-hydrogen) atoms. The minimum atomic E-state index is -5.52. The predicted molar refractivity (Wildman–Crippen MR) is 50.2 cm³/mol. The molecule has 0 amide bonds. The lowest BCUT2D eigenvalue weighted by Crippen LogP contribution is -2.43. The van der Waals surface area contributed by atoms with E-state index in [-0.39, 0.29) is 4.52 Å². The van der Waals surface area contributed by atoms with Crippen LogP contribution in [0, 0.1) is 0 Å². The van der Waals surface area contributed by atoms with E-state index in [0.29, 0.717) is 6.07 Å². The van der Waals surface area contributed by atoms with Gasteiger partial charge in [0.1, 0.15) is 5.69 Å². The molecule has 0 aliphatic rings. The number of fused-ring (bicyclic) bond motifs is 1. The maximum atomic E-state index is 12.6. The molecule has 2 aromatic rings. The Bertz CT molecular complexity index is 645. The van der Waals surface area contributed by atoms with Gasteiger partial charge in [-0.3, -0.25) is 0 Å². The second-order valence-electron chi connectivity index (χ2n) is 3.81. The van der Waals surface area contributed by atoms with Crippen LogP contribution in [-0.2, 0) is 12.0 Å². The van der Waals surface area contributed by atoms with Gasteiger partial charge in [0.25, 0.3) is 0 Å². The van der Waals surface area contributed by atoms with Gasteiger partial charge >= 0.3 is 18.1 Å². The monoisotopic (exact) mass is 301 g/mol. The first-order chi connectivity index (χ1) is 8.96. The second-order valence-corrected chi connectivity index (χ2v) is 3.81. The molecule has 0 fully saturated rings. The van der Waals surface area contributed by atoms with Gasteiger partial charge in [-0.15, -0.1) is 5.10 Å². The Morgan fingerprint density at radius 2 is 1.60 bits per heavy atom. The molecule has 0 aromatic carbocycles. The van der Waals surface area contributed by atoms with Crippen molar-refractivity contribution in [1.29, 1.82) is 0 Å². The van der Waals surface area contributed by atoms with E-state index >= 15 is 0 Å². The van der Waals surface area contributed by atoms with Crippen molar-refractivity contribution in [3.05, 3.63) is 29.6 Å². The van der Waals surface area contributed by atoms with Gasteiger partial charge in [0.05, 0.1) is 5.52 Å². The fourth-order valence-electron chi connectivity index (χ4n) is 1.53. The van der Waals surface area contributed by atoms with Crippen molar-refractivity contribution in [1.82, 2.24) is 14.8 Å². The first-order valence-electron chi connectivity index (χ1n) is 4.90. The molecular weight excluding hydrogens is 296 g/mol. The molecule has 2 heterocycles. The van der Waals surface area contributed by atoms with Gasteiger partial charge < -0.3 is 10.2 Å². The lowest BCUT2D eigenvalue weighted by molar-refractivity contribution is -0.360. The van der Waals surface area contributed by atoms with E-state index in [0.717, 1.165) is 12.1 Å². The molecule has 0 atom stereocenters. The van der Waals surface area contributed by atoms with Crippen molar-refractivity contribution < 1.29 is 36.6 Å². The van der Waals surface area contributed by atoms with Crippen LogP contribution >= 0.6 is 0 Å². The van der Waals surface area contributed by atoms with Gasteiger partial charge in [0, 0.05) is 0 Å². The van der Waals surface area contributed by atoms with E-state index in [1.807, 2.05) is 0 Å². The average molecular weight is 301 g/mol. The van der Waals surface area contributed by atoms with Gasteiger partial charge in [-0.2, -0.15) is 26.3 Å². The van der Waals surface area contributed by atoms with Gasteiger partial charge in [-0.05, 0) is 12.1 Å². The normalized spacial score (nSPS) is 14.0. The molecule has 0 saturated heterocycles. The van der Waals surface area contributed by atoms with E-state index in [4.69, 9.17) is 10.2 Å². The molecule has 0 aliphatic carbocycles. The van der Waals surface area contributed by atoms with Crippen LogP contribution in [0.4, 0.5) is 26.3 Å². The average Bonchev–Trinajstić information content (AvgIpc) is 2.69. The summed E-state index contributed by atoms with van der Waals surface area (Å²) in [5.41, 5.74) is -3.66. The Labute approximate surface area is 106 Å². The van der Waals surface area contributed by atoms with Gasteiger partial charge in [0.2, 0.25) is 0 Å². The summed E-state index contributed by atoms with van der Waals surface area (Å²) in [7, 11) is 0. The summed E-state index contributed by atoms with van der Waals surface area (Å²) in [5, 5.41) is 23.8. The number of rotatable bonds is 1. The minimum absolute atomic E-state index is 0.0797. The number of aromatic nitrogens is 3. The third-order valence-electron chi connectivity index (χ3n) is 2.46. The molecule has 2 rings (SSSR count). The van der Waals surface area contributed by atoms with Crippen LogP contribution in [0.5, 0.6) is 0 Å². The lowest BCUT2D eigenvalue weighted by atomic mass is 10.1. The zero-order valence-electron chi connectivity index (χ0n) is 9.24. The molecule has 5 nitrogen and oxygen atoms in total. The summed E-state index contributed by atoms with van der Waals surface area (Å²) < 4.78 is 75.2. The van der Waals surface area contributed by atoms with Crippen molar-refractivity contribution in [2.45, 2.75) is 18.1 Å². The number of alkyl halides is 6. The standard InChI is InChI=1S/C9H5F6N3O2/c10-8(11,12)6-4-2-1-3-5(18(4)17-16-6)7(19,20)9(13,14)15/h1-3,19-20H. The smallest absolute Gasteiger partial charge is 0.354 e. The first kappa shape index (κ1) is 14.5. The molecule has 110 valence electrons. The van der Waals surface area contributed by atoms with Crippen LogP contribution in [0.3, 0.4) is 0 Å². The highest BCUT2D eigenvalue weighted by molar-refractivity contribution is 5.53. The third-order valence-corrected chi connectivity index (χ3v) is 2.46. The van der Waals surface area contributed by atoms with Crippen LogP contribution in [0.1, 0.15) is 11.4 Å². The van der Waals surface area contributed by atoms with Crippen molar-refractivity contribution in [3.8, 4) is 0 Å². The van der Waals surface area contributed by atoms with Gasteiger partial charge in [0.15, 0.2) is 5.69 Å². The molecule has 0 saturated carbocycles. The molecule has 2 aromatic heterocycles. The van der Waals surface area contributed by atoms with Crippen LogP contribution in [0.2, 0.25) is 0 Å². The summed E-state index contributed by atoms with van der Waals surface area (Å²) in [5.74, 6) is -4.36. The Kier molecular flexibility index (Phi) is 2.95. The first-order valence-corrected chi connectivity index (χ1v) is 4.90. The van der Waals surface area contributed by atoms with Crippen molar-refractivity contribution in [2.24, 2.45) is 0 Å². The summed E-state index contributed by atoms with van der Waals surface area (Å²) >= 11 is 0. The largest absolute Gasteiger partial charge is 0.449 e. The van der Waals surface area contributed by atoms with Crippen LogP contribution < -0.4 is 0 Å². The Morgan fingerprint density at radius 1 is 1.00 bits per heavy atom. The minimum Gasteiger partial charge on any atom is -0.354 e. The van der Waals surface area contributed by atoms with Gasteiger partial charge in [-0.25, -0.2) is 4.52 Å². The number of halogens is 6. The number of nitrogens with zero attached hydrogens (tertiary/aromatic N) is 3. The van der Waals surface area contributed by atoms with Crippen molar-refractivity contribution in [3.63, 3.8) is 0 Å². The summed E-state index contributed by atoms with van der Waals surface area (Å²) in [6.07, 6.45) is -10.5. The topological polar surface area (TPSA) is 70.7 Å². The third kappa shape index (κ3) is 2.08. The highest BCUT2D eigenvalue weighted by atomic mass is 19.4. The molecule has 0 bridgehead atoms. The Balaban J connectivity index is 2.73. The maximum Gasteiger partial charge on any atom is 0.449 e. The fourth-order valence-corrected chi connectivity index (χ4v) is 1.53. The highest BCUT2D eigenvalue weighted by Gasteiger charge is 2.56. The number of hydrogen-bond donors (Lipinski definition) is 2. The zero-order valence-corrected chi connectivity index (χ0v) is 9.24. The zero-order chi connectivity index (χ0) is 15.3. The molecule has 2 N–H and O–H groups in total. The summed E-state index contributed by atoms with van der Waals surface area (Å²) in [6, 6.07) is 2.18. The van der Waals surface area contributed by atoms with Crippen LogP contribution in [0.15, 0.2) is 18.2 Å². The second kappa shape index (κ2) is 4.06. The number of pyridine rings is 1. The van der Waals surface area contributed by atoms with Crippen molar-refractivity contribution >= 4 is 5.52 Å². The molecular formula is C9H5F6N3O2. The summed E-state index contributed by atoms with van der Waals surface area (Å²) in [4.78, 5) is 0. The molecule has 11 heteroatoms. The Hall–Kier alpha value is -1.88. The van der Waals surface area contributed by atoms with Crippen LogP contribution in [0.25, 0.3) is 5.52 Å². The fraction of sp³-hybridized carbons (Fsp3) is 0.333. The van der Waals surface area contributed by atoms with E-state index in [1.165, 1.54) is 0 Å². The van der Waals surface area contributed by atoms with Crippen molar-refractivity contribution in [2.75, 3.05) is 0 Å². The predicted octanol–water partition coefficient (Wildman–Crippen LogP) is 1.45. The van der Waals surface area contributed by atoms with E-state index in [1.54, 1.807) is 0 Å². The molecule has 0 aliphatic heterocycles. The summed E-state index contributed by atoms with van der Waals surface area (Å²) in [6.45, 7) is 0. The van der Waals surface area contributed by atoms with E-state index < -0.39 is 35.0 Å². The maximum absolute atomic E-state index is 12.6. The SMILES string of the molecule is OC(O)(c1cccc2c(C(F)(F)F)nnn12)C(F)(F)F. The van der Waals surface area contributed by atoms with Crippen LogP contribution in [-0.4, -0.2) is 31.2 Å². The van der Waals surface area contributed by atoms with E-state index in [2.05, 4.69) is 10.3 Å². The van der Waals surface area contributed by atoms with E-state index in [9.17, 15) is 26.3 Å². The number of aliphatic hydroxyl groups is 2. The molecule has 0 unspecified atom stereocenters. The molecule has 0 radical (unpaired) electrons.